The quantitative estimate of drug-likeness (QED) is 0.610. The van der Waals surface area contributed by atoms with Crippen LogP contribution in [0.5, 0.6) is 0 Å². The molecule has 6 heteroatoms. The number of hydrogen-bond donors (Lipinski definition) is 0. The second-order valence-electron chi connectivity index (χ2n) is 7.60. The van der Waals surface area contributed by atoms with Crippen molar-refractivity contribution in [2.45, 2.75) is 51.1 Å². The maximum atomic E-state index is 13.2. The van der Waals surface area contributed by atoms with E-state index < -0.39 is 10.0 Å². The topological polar surface area (TPSA) is 63.4 Å². The summed E-state index contributed by atoms with van der Waals surface area (Å²) in [4.78, 5) is 0.322. The van der Waals surface area contributed by atoms with Gasteiger partial charge in [-0.05, 0) is 57.4 Å². The van der Waals surface area contributed by atoms with Gasteiger partial charge in [-0.25, -0.2) is 8.42 Å². The molecule has 0 N–H and O–H groups in total. The fourth-order valence-corrected chi connectivity index (χ4v) is 4.95. The molecule has 0 saturated heterocycles. The summed E-state index contributed by atoms with van der Waals surface area (Å²) in [5.41, 5.74) is 4.88. The number of aromatic nitrogens is 1. The fourth-order valence-electron chi connectivity index (χ4n) is 3.29. The predicted octanol–water partition coefficient (Wildman–Crippen LogP) is 4.62. The van der Waals surface area contributed by atoms with E-state index in [9.17, 15) is 8.42 Å². The van der Waals surface area contributed by atoms with Crippen LogP contribution in [0.15, 0.2) is 57.9 Å². The Morgan fingerprint density at radius 3 is 2.36 bits per heavy atom. The largest absolute Gasteiger partial charge is 0.356 e. The highest BCUT2D eigenvalue weighted by atomic mass is 32.2. The molecule has 0 radical (unpaired) electrons. The maximum Gasteiger partial charge on any atom is 0.243 e. The first-order valence-electron chi connectivity index (χ1n) is 9.46. The van der Waals surface area contributed by atoms with Crippen LogP contribution in [-0.2, 0) is 16.6 Å². The van der Waals surface area contributed by atoms with E-state index in [1.165, 1.54) is 0 Å². The highest BCUT2D eigenvalue weighted by Crippen LogP contribution is 2.34. The average molecular weight is 397 g/mol. The number of benzene rings is 2. The van der Waals surface area contributed by atoms with Crippen molar-refractivity contribution in [3.8, 4) is 11.3 Å². The van der Waals surface area contributed by atoms with Crippen LogP contribution in [-0.4, -0.2) is 23.9 Å². The van der Waals surface area contributed by atoms with E-state index >= 15 is 0 Å². The second-order valence-corrected chi connectivity index (χ2v) is 9.49. The van der Waals surface area contributed by atoms with Crippen molar-refractivity contribution >= 4 is 10.0 Å². The molecule has 1 saturated carbocycles. The van der Waals surface area contributed by atoms with Gasteiger partial charge in [0, 0.05) is 17.7 Å². The van der Waals surface area contributed by atoms with Crippen LogP contribution >= 0.6 is 0 Å². The molecule has 2 aromatic carbocycles. The number of rotatable bonds is 6. The smallest absolute Gasteiger partial charge is 0.243 e. The third kappa shape index (κ3) is 3.75. The van der Waals surface area contributed by atoms with E-state index in [0.29, 0.717) is 16.3 Å². The maximum absolute atomic E-state index is 13.2. The number of aryl methyl sites for hydroxylation is 3. The molecule has 3 aromatic rings. The number of hydrogen-bond acceptors (Lipinski definition) is 4. The van der Waals surface area contributed by atoms with Crippen molar-refractivity contribution in [1.82, 2.24) is 9.46 Å². The molecule has 1 heterocycles. The van der Waals surface area contributed by atoms with Crippen LogP contribution in [0.1, 0.15) is 35.2 Å². The summed E-state index contributed by atoms with van der Waals surface area (Å²) in [6.45, 7) is 6.22. The van der Waals surface area contributed by atoms with Gasteiger partial charge >= 0.3 is 0 Å². The van der Waals surface area contributed by atoms with Gasteiger partial charge in [-0.1, -0.05) is 40.5 Å². The molecule has 5 nitrogen and oxygen atoms in total. The number of nitrogens with zero attached hydrogens (tertiary/aromatic N) is 2. The van der Waals surface area contributed by atoms with Crippen molar-refractivity contribution in [2.24, 2.45) is 0 Å². The third-order valence-corrected chi connectivity index (χ3v) is 7.03. The lowest BCUT2D eigenvalue weighted by Crippen LogP contribution is -2.32. The molecule has 0 bridgehead atoms. The van der Waals surface area contributed by atoms with E-state index in [-0.39, 0.29) is 12.6 Å². The van der Waals surface area contributed by atoms with Crippen molar-refractivity contribution in [3.63, 3.8) is 0 Å². The van der Waals surface area contributed by atoms with Gasteiger partial charge in [0.25, 0.3) is 0 Å². The standard InChI is InChI=1S/C22H24N2O3S/c1-15-5-10-20(11-6-15)28(25,26)24(19-8-9-19)14-18-13-22(27-23-18)21-12-16(2)4-7-17(21)3/h4-7,10-13,19H,8-9,14H2,1-3H3. The molecule has 0 amide bonds. The SMILES string of the molecule is Cc1ccc(S(=O)(=O)N(Cc2cc(-c3cc(C)ccc3C)on2)C2CC2)cc1. The van der Waals surface area contributed by atoms with Gasteiger partial charge in [0.05, 0.1) is 17.1 Å². The minimum absolute atomic E-state index is 0.0344. The molecule has 1 aromatic heterocycles. The van der Waals surface area contributed by atoms with Gasteiger partial charge in [-0.15, -0.1) is 0 Å². The van der Waals surface area contributed by atoms with E-state index in [1.54, 1.807) is 16.4 Å². The van der Waals surface area contributed by atoms with Crippen LogP contribution in [0.25, 0.3) is 11.3 Å². The second kappa shape index (κ2) is 7.18. The molecule has 1 fully saturated rings. The van der Waals surface area contributed by atoms with E-state index in [1.807, 2.05) is 45.0 Å². The van der Waals surface area contributed by atoms with E-state index in [4.69, 9.17) is 4.52 Å². The average Bonchev–Trinajstić information content (AvgIpc) is 3.39. The summed E-state index contributed by atoms with van der Waals surface area (Å²) in [6.07, 6.45) is 1.76. The predicted molar refractivity (Wildman–Crippen MR) is 108 cm³/mol. The molecular weight excluding hydrogens is 372 g/mol. The molecule has 0 spiro atoms. The zero-order valence-electron chi connectivity index (χ0n) is 16.3. The zero-order valence-corrected chi connectivity index (χ0v) is 17.2. The Kier molecular flexibility index (Phi) is 4.85. The lowest BCUT2D eigenvalue weighted by Gasteiger charge is -2.20. The first-order chi connectivity index (χ1) is 13.3. The van der Waals surface area contributed by atoms with E-state index in [2.05, 4.69) is 17.3 Å². The molecule has 4 rings (SSSR count). The van der Waals surface area contributed by atoms with Crippen molar-refractivity contribution in [1.29, 1.82) is 0 Å². The first-order valence-corrected chi connectivity index (χ1v) is 10.9. The molecular formula is C22H24N2O3S. The molecule has 146 valence electrons. The zero-order chi connectivity index (χ0) is 19.9. The van der Waals surface area contributed by atoms with Gasteiger partial charge in [0.15, 0.2) is 5.76 Å². The van der Waals surface area contributed by atoms with Gasteiger partial charge in [0.1, 0.15) is 0 Å². The van der Waals surface area contributed by atoms with Gasteiger partial charge in [-0.3, -0.25) is 0 Å². The van der Waals surface area contributed by atoms with Gasteiger partial charge in [-0.2, -0.15) is 4.31 Å². The minimum atomic E-state index is -3.57. The number of sulfonamides is 1. The summed E-state index contributed by atoms with van der Waals surface area (Å²) in [5.74, 6) is 0.666. The van der Waals surface area contributed by atoms with Gasteiger partial charge < -0.3 is 4.52 Å². The van der Waals surface area contributed by atoms with Crippen LogP contribution in [0.2, 0.25) is 0 Å². The van der Waals surface area contributed by atoms with Crippen LogP contribution < -0.4 is 0 Å². The molecule has 28 heavy (non-hydrogen) atoms. The van der Waals surface area contributed by atoms with Crippen LogP contribution in [0.3, 0.4) is 0 Å². The normalized spacial score (nSPS) is 14.6. The van der Waals surface area contributed by atoms with Crippen LogP contribution in [0, 0.1) is 20.8 Å². The van der Waals surface area contributed by atoms with Crippen molar-refractivity contribution in [3.05, 3.63) is 70.9 Å². The van der Waals surface area contributed by atoms with Crippen molar-refractivity contribution < 1.29 is 12.9 Å². The molecule has 1 aliphatic carbocycles. The Bertz CT molecular complexity index is 1100. The van der Waals surface area contributed by atoms with Gasteiger partial charge in [0.2, 0.25) is 10.0 Å². The lowest BCUT2D eigenvalue weighted by atomic mass is 10.0. The highest BCUT2D eigenvalue weighted by Gasteiger charge is 2.38. The Labute approximate surface area is 166 Å². The summed E-state index contributed by atoms with van der Waals surface area (Å²) >= 11 is 0. The third-order valence-electron chi connectivity index (χ3n) is 5.12. The fraction of sp³-hybridized carbons (Fsp3) is 0.318. The summed E-state index contributed by atoms with van der Waals surface area (Å²) in [7, 11) is -3.57. The first kappa shape index (κ1) is 18.9. The summed E-state index contributed by atoms with van der Waals surface area (Å²) in [6, 6.07) is 15.0. The minimum Gasteiger partial charge on any atom is -0.356 e. The summed E-state index contributed by atoms with van der Waals surface area (Å²) in [5, 5.41) is 4.15. The van der Waals surface area contributed by atoms with Crippen molar-refractivity contribution in [2.75, 3.05) is 0 Å². The Morgan fingerprint density at radius 2 is 1.68 bits per heavy atom. The molecule has 0 unspecified atom stereocenters. The molecule has 0 aliphatic heterocycles. The highest BCUT2D eigenvalue weighted by molar-refractivity contribution is 7.89. The molecule has 1 aliphatic rings. The van der Waals surface area contributed by atoms with Crippen LogP contribution in [0.4, 0.5) is 0 Å². The van der Waals surface area contributed by atoms with E-state index in [0.717, 1.165) is 35.1 Å². The summed E-state index contributed by atoms with van der Waals surface area (Å²) < 4.78 is 33.5. The Balaban J connectivity index is 1.62. The molecule has 0 atom stereocenters. The monoisotopic (exact) mass is 396 g/mol. The lowest BCUT2D eigenvalue weighted by molar-refractivity contribution is 0.370. The Hall–Kier alpha value is -2.44. The Morgan fingerprint density at radius 1 is 1.00 bits per heavy atom.